The molecular weight excluding hydrogens is 442 g/mol. The predicted octanol–water partition coefficient (Wildman–Crippen LogP) is 3.61. The lowest BCUT2D eigenvalue weighted by Gasteiger charge is -2.38. The van der Waals surface area contributed by atoms with Crippen molar-refractivity contribution in [3.8, 4) is 0 Å². The lowest BCUT2D eigenvalue weighted by molar-refractivity contribution is 0.0487. The van der Waals surface area contributed by atoms with E-state index >= 15 is 0 Å². The van der Waals surface area contributed by atoms with E-state index in [9.17, 15) is 14.4 Å². The van der Waals surface area contributed by atoms with Crippen molar-refractivity contribution in [2.24, 2.45) is 5.92 Å². The van der Waals surface area contributed by atoms with Crippen molar-refractivity contribution in [3.63, 3.8) is 0 Å². The minimum Gasteiger partial charge on any atom is -0.381 e. The summed E-state index contributed by atoms with van der Waals surface area (Å²) in [5, 5.41) is 3.04. The monoisotopic (exact) mass is 479 g/mol. The Bertz CT molecular complexity index is 1080. The molecule has 0 aliphatic carbocycles. The molecule has 0 unspecified atom stereocenters. The number of pyridine rings is 1. The summed E-state index contributed by atoms with van der Waals surface area (Å²) in [6.07, 6.45) is 7.79. The smallest absolute Gasteiger partial charge is 0.259 e. The van der Waals surface area contributed by atoms with Gasteiger partial charge >= 0.3 is 0 Å². The molecule has 1 N–H and O–H groups in total. The van der Waals surface area contributed by atoms with Crippen molar-refractivity contribution < 1.29 is 14.3 Å². The quantitative estimate of drug-likeness (QED) is 0.658. The van der Waals surface area contributed by atoms with Crippen LogP contribution in [-0.2, 0) is 16.7 Å². The molecule has 2 aliphatic rings. The zero-order chi connectivity index (χ0) is 24.8. The normalized spacial score (nSPS) is 17.9. The molecule has 2 aliphatic heterocycles. The van der Waals surface area contributed by atoms with E-state index in [2.05, 4.69) is 31.3 Å². The molecule has 1 aromatic carbocycles. The van der Waals surface area contributed by atoms with Crippen LogP contribution in [0.5, 0.6) is 0 Å². The van der Waals surface area contributed by atoms with Gasteiger partial charge in [-0.2, -0.15) is 0 Å². The standard InChI is InChI=1S/C28H37N3O4/c1-21(2)17-30-18-23(25(32)24(19-30)27(34)31-13-7-4-8-14-31)26(33)29-20-28(11-15-35-16-12-28)22-9-5-3-6-10-22/h3,5-6,9-10,18-19,21H,4,7-8,11-17,20H2,1-2H3,(H,29,33). The molecule has 0 bridgehead atoms. The summed E-state index contributed by atoms with van der Waals surface area (Å²) >= 11 is 0. The van der Waals surface area contributed by atoms with E-state index in [-0.39, 0.29) is 22.4 Å². The number of benzene rings is 1. The maximum Gasteiger partial charge on any atom is 0.259 e. The van der Waals surface area contributed by atoms with Crippen LogP contribution >= 0.6 is 0 Å². The average Bonchev–Trinajstić information content (AvgIpc) is 2.89. The number of ether oxygens (including phenoxy) is 1. The second-order valence-electron chi connectivity index (χ2n) is 10.3. The van der Waals surface area contributed by atoms with E-state index in [0.717, 1.165) is 37.7 Å². The van der Waals surface area contributed by atoms with Gasteiger partial charge in [-0.15, -0.1) is 0 Å². The van der Waals surface area contributed by atoms with Gasteiger partial charge in [0.15, 0.2) is 0 Å². The Kier molecular flexibility index (Phi) is 8.06. The molecule has 2 saturated heterocycles. The molecule has 7 heteroatoms. The number of hydrogen-bond donors (Lipinski definition) is 1. The molecule has 0 radical (unpaired) electrons. The van der Waals surface area contributed by atoms with Crippen LogP contribution in [0.1, 0.15) is 72.2 Å². The summed E-state index contributed by atoms with van der Waals surface area (Å²) in [4.78, 5) is 41.8. The summed E-state index contributed by atoms with van der Waals surface area (Å²) < 4.78 is 7.42. The molecule has 7 nitrogen and oxygen atoms in total. The highest BCUT2D eigenvalue weighted by molar-refractivity contribution is 5.99. The zero-order valence-corrected chi connectivity index (χ0v) is 20.9. The fraction of sp³-hybridized carbons (Fsp3) is 0.536. The van der Waals surface area contributed by atoms with E-state index < -0.39 is 11.3 Å². The van der Waals surface area contributed by atoms with Gasteiger partial charge in [0.1, 0.15) is 11.1 Å². The highest BCUT2D eigenvalue weighted by Gasteiger charge is 2.35. The molecule has 4 rings (SSSR count). The Labute approximate surface area is 207 Å². The third-order valence-corrected chi connectivity index (χ3v) is 7.20. The molecule has 2 fully saturated rings. The maximum absolute atomic E-state index is 13.4. The SMILES string of the molecule is CC(C)Cn1cc(C(=O)NCC2(c3ccccc3)CCOCC2)c(=O)c(C(=O)N2CCCCC2)c1. The van der Waals surface area contributed by atoms with Gasteiger partial charge in [-0.05, 0) is 43.6 Å². The van der Waals surface area contributed by atoms with Gasteiger partial charge in [0.05, 0.1) is 0 Å². The number of nitrogens with one attached hydrogen (secondary N) is 1. The van der Waals surface area contributed by atoms with Crippen molar-refractivity contribution in [2.45, 2.75) is 57.9 Å². The number of amides is 2. The van der Waals surface area contributed by atoms with Gasteiger partial charge < -0.3 is 19.5 Å². The van der Waals surface area contributed by atoms with Crippen molar-refractivity contribution in [3.05, 3.63) is 69.6 Å². The van der Waals surface area contributed by atoms with Crippen LogP contribution in [0, 0.1) is 5.92 Å². The van der Waals surface area contributed by atoms with E-state index in [1.165, 1.54) is 0 Å². The third-order valence-electron chi connectivity index (χ3n) is 7.20. The number of aromatic nitrogens is 1. The van der Waals surface area contributed by atoms with Crippen LogP contribution < -0.4 is 10.7 Å². The summed E-state index contributed by atoms with van der Waals surface area (Å²) in [5.74, 6) is -0.399. The number of carbonyl (C=O) groups excluding carboxylic acids is 2. The summed E-state index contributed by atoms with van der Waals surface area (Å²) in [6.45, 7) is 7.73. The minimum atomic E-state index is -0.487. The van der Waals surface area contributed by atoms with Gasteiger partial charge in [-0.25, -0.2) is 0 Å². The molecule has 188 valence electrons. The van der Waals surface area contributed by atoms with Crippen LogP contribution in [0.4, 0.5) is 0 Å². The highest BCUT2D eigenvalue weighted by Crippen LogP contribution is 2.34. The number of piperidine rings is 1. The first kappa shape index (κ1) is 25.2. The third kappa shape index (κ3) is 5.84. The lowest BCUT2D eigenvalue weighted by atomic mass is 9.74. The highest BCUT2D eigenvalue weighted by atomic mass is 16.5. The van der Waals surface area contributed by atoms with Crippen LogP contribution in [0.25, 0.3) is 0 Å². The van der Waals surface area contributed by atoms with Crippen LogP contribution in [-0.4, -0.2) is 54.1 Å². The molecular formula is C28H37N3O4. The number of likely N-dealkylation sites (tertiary alicyclic amines) is 1. The zero-order valence-electron chi connectivity index (χ0n) is 20.9. The largest absolute Gasteiger partial charge is 0.381 e. The first-order valence-electron chi connectivity index (χ1n) is 12.8. The van der Waals surface area contributed by atoms with Gasteiger partial charge in [0.2, 0.25) is 5.43 Å². The van der Waals surface area contributed by atoms with Crippen molar-refractivity contribution in [1.29, 1.82) is 0 Å². The molecule has 35 heavy (non-hydrogen) atoms. The van der Waals surface area contributed by atoms with E-state index in [1.807, 2.05) is 22.8 Å². The predicted molar refractivity (Wildman–Crippen MR) is 136 cm³/mol. The van der Waals surface area contributed by atoms with E-state index in [4.69, 9.17) is 4.74 Å². The number of hydrogen-bond acceptors (Lipinski definition) is 4. The Morgan fingerprint density at radius 3 is 2.31 bits per heavy atom. The lowest BCUT2D eigenvalue weighted by Crippen LogP contribution is -2.46. The van der Waals surface area contributed by atoms with Gasteiger partial charge in [0.25, 0.3) is 11.8 Å². The summed E-state index contributed by atoms with van der Waals surface area (Å²) in [7, 11) is 0. The second kappa shape index (κ2) is 11.2. The second-order valence-corrected chi connectivity index (χ2v) is 10.3. The maximum atomic E-state index is 13.4. The van der Waals surface area contributed by atoms with Crippen molar-refractivity contribution >= 4 is 11.8 Å². The van der Waals surface area contributed by atoms with Crippen molar-refractivity contribution in [2.75, 3.05) is 32.8 Å². The molecule has 0 atom stereocenters. The fourth-order valence-electron chi connectivity index (χ4n) is 5.21. The molecule has 1 aromatic heterocycles. The fourth-order valence-corrected chi connectivity index (χ4v) is 5.21. The Hall–Kier alpha value is -2.93. The Morgan fingerprint density at radius 2 is 1.66 bits per heavy atom. The first-order valence-corrected chi connectivity index (χ1v) is 12.8. The summed E-state index contributed by atoms with van der Waals surface area (Å²) in [6, 6.07) is 10.2. The van der Waals surface area contributed by atoms with Gasteiger partial charge in [-0.1, -0.05) is 44.2 Å². The topological polar surface area (TPSA) is 80.6 Å². The Balaban J connectivity index is 1.61. The van der Waals surface area contributed by atoms with E-state index in [1.54, 1.807) is 17.3 Å². The summed E-state index contributed by atoms with van der Waals surface area (Å²) in [5.41, 5.74) is 0.550. The van der Waals surface area contributed by atoms with Crippen LogP contribution in [0.3, 0.4) is 0 Å². The van der Waals surface area contributed by atoms with Crippen LogP contribution in [0.15, 0.2) is 47.5 Å². The van der Waals surface area contributed by atoms with Crippen molar-refractivity contribution in [1.82, 2.24) is 14.8 Å². The first-order chi connectivity index (χ1) is 16.9. The molecule has 2 amide bonds. The number of rotatable bonds is 7. The van der Waals surface area contributed by atoms with E-state index in [0.29, 0.717) is 45.3 Å². The molecule has 3 heterocycles. The Morgan fingerprint density at radius 1 is 1.00 bits per heavy atom. The van der Waals surface area contributed by atoms with Crippen LogP contribution in [0.2, 0.25) is 0 Å². The van der Waals surface area contributed by atoms with Gasteiger partial charge in [0, 0.05) is 57.2 Å². The van der Waals surface area contributed by atoms with Gasteiger partial charge in [-0.3, -0.25) is 14.4 Å². The average molecular weight is 480 g/mol. The molecule has 2 aromatic rings. The molecule has 0 saturated carbocycles. The minimum absolute atomic E-state index is 0.0313. The number of nitrogens with zero attached hydrogens (tertiary/aromatic N) is 2. The molecule has 0 spiro atoms. The number of carbonyl (C=O) groups is 2.